The van der Waals surface area contributed by atoms with Gasteiger partial charge < -0.3 is 9.47 Å². The molecule has 1 fully saturated rings. The number of fused-ring (bicyclic) bond motifs is 1. The average molecular weight is 343 g/mol. The van der Waals surface area contributed by atoms with E-state index in [9.17, 15) is 9.59 Å². The third kappa shape index (κ3) is 1.98. The van der Waals surface area contributed by atoms with Crippen LogP contribution in [-0.4, -0.2) is 30.9 Å². The van der Waals surface area contributed by atoms with Crippen LogP contribution >= 0.6 is 0 Å². The maximum Gasteiger partial charge on any atom is 0.323 e. The Morgan fingerprint density at radius 3 is 2.40 bits per heavy atom. The number of esters is 1. The van der Waals surface area contributed by atoms with Crippen molar-refractivity contribution in [2.75, 3.05) is 13.2 Å². The highest BCUT2D eigenvalue weighted by atomic mass is 16.5. The fourth-order valence-electron chi connectivity index (χ4n) is 4.63. The van der Waals surface area contributed by atoms with Crippen LogP contribution in [0.2, 0.25) is 0 Å². The minimum atomic E-state index is -1.32. The molecule has 0 amide bonds. The van der Waals surface area contributed by atoms with Crippen molar-refractivity contribution in [2.24, 2.45) is 15.8 Å². The molecule has 134 valence electrons. The molecule has 1 aromatic carbocycles. The summed E-state index contributed by atoms with van der Waals surface area (Å²) in [5, 5.41) is 0. The summed E-state index contributed by atoms with van der Waals surface area (Å²) in [4.78, 5) is 31.0. The fourth-order valence-corrected chi connectivity index (χ4v) is 4.63. The summed E-state index contributed by atoms with van der Waals surface area (Å²) in [7, 11) is 0. The van der Waals surface area contributed by atoms with Crippen LogP contribution in [0.1, 0.15) is 46.1 Å². The monoisotopic (exact) mass is 343 g/mol. The van der Waals surface area contributed by atoms with Gasteiger partial charge in [-0.15, -0.1) is 0 Å². The minimum absolute atomic E-state index is 0.0524. The Bertz CT molecular complexity index is 728. The Morgan fingerprint density at radius 2 is 1.84 bits per heavy atom. The number of ketones is 1. The zero-order valence-electron chi connectivity index (χ0n) is 15.3. The SMILES string of the molecule is CCOC(=O)[C@@]12C[C@@](C)(CC)[C@]1(c1ccccc1)N=C(OCC)C2=O. The Labute approximate surface area is 148 Å². The first kappa shape index (κ1) is 17.6. The third-order valence-electron chi connectivity index (χ3n) is 5.87. The molecule has 0 N–H and O–H groups in total. The lowest BCUT2D eigenvalue weighted by molar-refractivity contribution is -0.194. The second-order valence-electron chi connectivity index (χ2n) is 6.97. The summed E-state index contributed by atoms with van der Waals surface area (Å²) in [6.45, 7) is 8.27. The van der Waals surface area contributed by atoms with E-state index in [1.54, 1.807) is 13.8 Å². The highest BCUT2D eigenvalue weighted by molar-refractivity contribution is 6.45. The van der Waals surface area contributed by atoms with Crippen molar-refractivity contribution < 1.29 is 19.1 Å². The molecule has 0 spiro atoms. The van der Waals surface area contributed by atoms with Crippen LogP contribution < -0.4 is 0 Å². The topological polar surface area (TPSA) is 65.0 Å². The second kappa shape index (κ2) is 5.97. The second-order valence-corrected chi connectivity index (χ2v) is 6.97. The van der Waals surface area contributed by atoms with Crippen LogP contribution in [0.25, 0.3) is 0 Å². The molecule has 0 unspecified atom stereocenters. The van der Waals surface area contributed by atoms with Gasteiger partial charge in [0.2, 0.25) is 5.78 Å². The van der Waals surface area contributed by atoms with Crippen LogP contribution in [0.5, 0.6) is 0 Å². The highest BCUT2D eigenvalue weighted by Crippen LogP contribution is 2.73. The third-order valence-corrected chi connectivity index (χ3v) is 5.87. The lowest BCUT2D eigenvalue weighted by atomic mass is 9.38. The largest absolute Gasteiger partial charge is 0.476 e. The maximum absolute atomic E-state index is 13.2. The van der Waals surface area contributed by atoms with E-state index in [1.165, 1.54) is 0 Å². The van der Waals surface area contributed by atoms with Gasteiger partial charge in [0.15, 0.2) is 5.41 Å². The number of benzene rings is 1. The minimum Gasteiger partial charge on any atom is -0.476 e. The first-order chi connectivity index (χ1) is 11.9. The van der Waals surface area contributed by atoms with Gasteiger partial charge in [-0.25, -0.2) is 4.99 Å². The first-order valence-corrected chi connectivity index (χ1v) is 8.93. The number of carbonyl (C=O) groups is 2. The average Bonchev–Trinajstić information content (AvgIpc) is 2.82. The molecule has 3 atom stereocenters. The van der Waals surface area contributed by atoms with Gasteiger partial charge in [0, 0.05) is 5.41 Å². The van der Waals surface area contributed by atoms with Crippen molar-refractivity contribution in [3.8, 4) is 0 Å². The molecule has 2 aliphatic rings. The summed E-state index contributed by atoms with van der Waals surface area (Å²) in [6.07, 6.45) is 1.21. The molecule has 0 radical (unpaired) electrons. The van der Waals surface area contributed by atoms with Gasteiger partial charge in [0.25, 0.3) is 5.90 Å². The summed E-state index contributed by atoms with van der Waals surface area (Å²) in [6, 6.07) is 9.61. The van der Waals surface area contributed by atoms with Crippen molar-refractivity contribution >= 4 is 17.7 Å². The van der Waals surface area contributed by atoms with Gasteiger partial charge in [-0.3, -0.25) is 9.59 Å². The van der Waals surface area contributed by atoms with Crippen LogP contribution in [0.3, 0.4) is 0 Å². The smallest absolute Gasteiger partial charge is 0.323 e. The van der Waals surface area contributed by atoms with E-state index in [4.69, 9.17) is 14.5 Å². The lowest BCUT2D eigenvalue weighted by Gasteiger charge is -2.62. The molecule has 0 aromatic heterocycles. The summed E-state index contributed by atoms with van der Waals surface area (Å²) in [5.74, 6) is -0.785. The molecule has 3 rings (SSSR count). The van der Waals surface area contributed by atoms with E-state index in [-0.39, 0.29) is 23.7 Å². The quantitative estimate of drug-likeness (QED) is 0.608. The number of hydrogen-bond acceptors (Lipinski definition) is 5. The predicted octanol–water partition coefficient (Wildman–Crippen LogP) is 3.27. The van der Waals surface area contributed by atoms with Crippen molar-refractivity contribution in [3.63, 3.8) is 0 Å². The summed E-state index contributed by atoms with van der Waals surface area (Å²) < 4.78 is 10.9. The number of Topliss-reactive ketones (excluding diaryl/α,β-unsaturated/α-hetero) is 1. The van der Waals surface area contributed by atoms with E-state index in [0.29, 0.717) is 13.0 Å². The summed E-state index contributed by atoms with van der Waals surface area (Å²) >= 11 is 0. The van der Waals surface area contributed by atoms with Gasteiger partial charge >= 0.3 is 5.97 Å². The van der Waals surface area contributed by atoms with E-state index in [0.717, 1.165) is 12.0 Å². The number of hydrogen-bond donors (Lipinski definition) is 0. The molecule has 1 aromatic rings. The molecule has 1 saturated carbocycles. The molecule has 0 bridgehead atoms. The van der Waals surface area contributed by atoms with Crippen molar-refractivity contribution in [1.29, 1.82) is 0 Å². The molecular weight excluding hydrogens is 318 g/mol. The van der Waals surface area contributed by atoms with Crippen LogP contribution in [0, 0.1) is 10.8 Å². The zero-order valence-corrected chi connectivity index (χ0v) is 15.3. The van der Waals surface area contributed by atoms with E-state index in [1.807, 2.05) is 30.3 Å². The van der Waals surface area contributed by atoms with E-state index >= 15 is 0 Å². The lowest BCUT2D eigenvalue weighted by Crippen LogP contribution is -2.70. The highest BCUT2D eigenvalue weighted by Gasteiger charge is 2.83. The molecule has 1 heterocycles. The Balaban J connectivity index is 2.27. The molecule has 5 nitrogen and oxygen atoms in total. The number of nitrogens with zero attached hydrogens (tertiary/aromatic N) is 1. The Kier molecular flexibility index (Phi) is 4.21. The van der Waals surface area contributed by atoms with E-state index in [2.05, 4.69) is 13.8 Å². The Morgan fingerprint density at radius 1 is 1.16 bits per heavy atom. The number of carbonyl (C=O) groups excluding carboxylic acids is 2. The molecule has 1 aliphatic heterocycles. The first-order valence-electron chi connectivity index (χ1n) is 8.93. The van der Waals surface area contributed by atoms with Crippen molar-refractivity contribution in [1.82, 2.24) is 0 Å². The molecule has 0 saturated heterocycles. The van der Waals surface area contributed by atoms with Gasteiger partial charge in [-0.05, 0) is 32.3 Å². The van der Waals surface area contributed by atoms with Crippen LogP contribution in [0.4, 0.5) is 0 Å². The van der Waals surface area contributed by atoms with Gasteiger partial charge in [0.05, 0.1) is 13.2 Å². The van der Waals surface area contributed by atoms with Gasteiger partial charge in [-0.1, -0.05) is 44.2 Å². The number of rotatable bonds is 5. The van der Waals surface area contributed by atoms with Gasteiger partial charge in [-0.2, -0.15) is 0 Å². The standard InChI is InChI=1S/C20H25NO4/c1-5-18(4)13-19(17(23)25-7-3)15(22)16(24-6-2)21-20(18,19)14-11-9-8-10-12-14/h8-12H,5-7,13H2,1-4H3/t18-,19+,20+/m1/s1. The molecular formula is C20H25NO4. The Hall–Kier alpha value is -2.17. The maximum atomic E-state index is 13.2. The zero-order chi connectivity index (χ0) is 18.3. The summed E-state index contributed by atoms with van der Waals surface area (Å²) in [5.41, 5.74) is -1.75. The molecule has 1 aliphatic carbocycles. The van der Waals surface area contributed by atoms with Crippen LogP contribution in [0.15, 0.2) is 35.3 Å². The normalized spacial score (nSPS) is 33.3. The predicted molar refractivity (Wildman–Crippen MR) is 94.3 cm³/mol. The van der Waals surface area contributed by atoms with Crippen molar-refractivity contribution in [2.45, 2.75) is 46.1 Å². The fraction of sp³-hybridized carbons (Fsp3) is 0.550. The van der Waals surface area contributed by atoms with Crippen molar-refractivity contribution in [3.05, 3.63) is 35.9 Å². The molecule has 5 heteroatoms. The number of ether oxygens (including phenoxy) is 2. The van der Waals surface area contributed by atoms with Crippen LogP contribution in [-0.2, 0) is 24.6 Å². The van der Waals surface area contributed by atoms with Gasteiger partial charge in [0.1, 0.15) is 5.54 Å². The number of aliphatic imine (C=N–C) groups is 1. The molecule has 25 heavy (non-hydrogen) atoms. The van der Waals surface area contributed by atoms with E-state index < -0.39 is 16.9 Å².